The second-order valence-electron chi connectivity index (χ2n) is 7.85. The van der Waals surface area contributed by atoms with E-state index in [1.165, 1.54) is 30.0 Å². The minimum absolute atomic E-state index is 0.157. The Labute approximate surface area is 172 Å². The van der Waals surface area contributed by atoms with Gasteiger partial charge in [0.25, 0.3) is 5.91 Å². The van der Waals surface area contributed by atoms with Crippen LogP contribution in [0.3, 0.4) is 0 Å². The third-order valence-corrected chi connectivity index (χ3v) is 7.58. The molecule has 0 unspecified atom stereocenters. The molecule has 0 atom stereocenters. The zero-order chi connectivity index (χ0) is 20.3. The third-order valence-electron chi connectivity index (χ3n) is 5.71. The Morgan fingerprint density at radius 2 is 1.72 bits per heavy atom. The summed E-state index contributed by atoms with van der Waals surface area (Å²) < 4.78 is 25.6. The number of carbonyl (C=O) groups is 1. The zero-order valence-electron chi connectivity index (χ0n) is 16.4. The summed E-state index contributed by atoms with van der Waals surface area (Å²) in [5.41, 5.74) is 2.74. The van der Waals surface area contributed by atoms with Crippen molar-refractivity contribution in [2.45, 2.75) is 32.1 Å². The normalized spacial score (nSPS) is 18.7. The molecule has 1 aliphatic carbocycles. The van der Waals surface area contributed by atoms with Gasteiger partial charge in [-0.2, -0.15) is 0 Å². The highest BCUT2D eigenvalue weighted by molar-refractivity contribution is 7.93. The fourth-order valence-corrected chi connectivity index (χ4v) is 5.64. The van der Waals surface area contributed by atoms with Crippen molar-refractivity contribution in [1.29, 1.82) is 0 Å². The van der Waals surface area contributed by atoms with Crippen LogP contribution in [-0.4, -0.2) is 33.2 Å². The Hall–Kier alpha value is -2.54. The van der Waals surface area contributed by atoms with Crippen LogP contribution in [0.5, 0.6) is 0 Å². The summed E-state index contributed by atoms with van der Waals surface area (Å²) in [6.45, 7) is 1.46. The minimum Gasteiger partial charge on any atom is -0.385 e. The first-order valence-electron chi connectivity index (χ1n) is 10.3. The first kappa shape index (κ1) is 19.8. The van der Waals surface area contributed by atoms with E-state index in [0.717, 1.165) is 18.2 Å². The first-order valence-corrected chi connectivity index (χ1v) is 11.9. The van der Waals surface area contributed by atoms with Gasteiger partial charge in [-0.1, -0.05) is 18.9 Å². The quantitative estimate of drug-likeness (QED) is 0.748. The van der Waals surface area contributed by atoms with E-state index in [2.05, 4.69) is 10.6 Å². The molecule has 0 bridgehead atoms. The highest BCUT2D eigenvalue weighted by atomic mass is 32.2. The van der Waals surface area contributed by atoms with E-state index in [1.54, 1.807) is 24.3 Å². The van der Waals surface area contributed by atoms with Gasteiger partial charge in [-0.15, -0.1) is 0 Å². The maximum atomic E-state index is 12.6. The van der Waals surface area contributed by atoms with Crippen LogP contribution >= 0.6 is 0 Å². The van der Waals surface area contributed by atoms with Crippen molar-refractivity contribution in [3.05, 3.63) is 54.1 Å². The Kier molecular flexibility index (Phi) is 5.76. The van der Waals surface area contributed by atoms with Crippen LogP contribution in [0.1, 0.15) is 42.5 Å². The van der Waals surface area contributed by atoms with Crippen LogP contribution in [0.2, 0.25) is 0 Å². The van der Waals surface area contributed by atoms with Crippen molar-refractivity contribution in [3.63, 3.8) is 0 Å². The smallest absolute Gasteiger partial charge is 0.255 e. The molecule has 2 aromatic rings. The summed E-state index contributed by atoms with van der Waals surface area (Å²) in [7, 11) is -3.26. The molecule has 2 aromatic carbocycles. The summed E-state index contributed by atoms with van der Waals surface area (Å²) in [6.07, 6.45) is 5.89. The van der Waals surface area contributed by atoms with Crippen molar-refractivity contribution >= 4 is 33.0 Å². The van der Waals surface area contributed by atoms with Gasteiger partial charge in [0.15, 0.2) is 0 Å². The van der Waals surface area contributed by atoms with Gasteiger partial charge in [0.1, 0.15) is 0 Å². The highest BCUT2D eigenvalue weighted by Crippen LogP contribution is 2.26. The lowest BCUT2D eigenvalue weighted by molar-refractivity contribution is 0.102. The van der Waals surface area contributed by atoms with Crippen LogP contribution in [-0.2, 0) is 10.0 Å². The Bertz CT molecular complexity index is 967. The first-order chi connectivity index (χ1) is 14.0. The molecule has 6 nitrogen and oxygen atoms in total. The Morgan fingerprint density at radius 1 is 1.00 bits per heavy atom. The van der Waals surface area contributed by atoms with Crippen LogP contribution in [0.4, 0.5) is 17.1 Å². The van der Waals surface area contributed by atoms with Crippen molar-refractivity contribution in [1.82, 2.24) is 0 Å². The molecule has 0 spiro atoms. The summed E-state index contributed by atoms with van der Waals surface area (Å²) in [6, 6.07) is 14.5. The molecule has 1 saturated carbocycles. The molecular weight excluding hydrogens is 386 g/mol. The molecule has 2 fully saturated rings. The van der Waals surface area contributed by atoms with Crippen molar-refractivity contribution in [2.75, 3.05) is 33.8 Å². The molecule has 29 heavy (non-hydrogen) atoms. The van der Waals surface area contributed by atoms with Gasteiger partial charge < -0.3 is 10.6 Å². The van der Waals surface area contributed by atoms with Gasteiger partial charge in [-0.25, -0.2) is 8.42 Å². The van der Waals surface area contributed by atoms with Gasteiger partial charge in [-0.05, 0) is 67.6 Å². The molecule has 154 valence electrons. The molecular formula is C22H27N3O3S. The Balaban J connectivity index is 1.38. The SMILES string of the molecule is O=C(Nc1ccc(NCC2CCCC2)cc1)c1cccc(N2CCCS2(=O)=O)c1. The zero-order valence-corrected chi connectivity index (χ0v) is 17.2. The second kappa shape index (κ2) is 8.45. The number of carbonyl (C=O) groups excluding carboxylic acids is 1. The molecule has 2 N–H and O–H groups in total. The summed E-state index contributed by atoms with van der Waals surface area (Å²) in [5.74, 6) is 0.668. The van der Waals surface area contributed by atoms with Gasteiger partial charge >= 0.3 is 0 Å². The van der Waals surface area contributed by atoms with Crippen LogP contribution in [0, 0.1) is 5.92 Å². The molecule has 2 aliphatic rings. The molecule has 0 radical (unpaired) electrons. The molecule has 1 amide bonds. The number of benzene rings is 2. The molecule has 1 aliphatic heterocycles. The number of anilines is 3. The highest BCUT2D eigenvalue weighted by Gasteiger charge is 2.28. The Morgan fingerprint density at radius 3 is 2.41 bits per heavy atom. The monoisotopic (exact) mass is 413 g/mol. The predicted octanol–water partition coefficient (Wildman–Crippen LogP) is 4.08. The maximum absolute atomic E-state index is 12.6. The molecule has 1 heterocycles. The molecule has 0 aromatic heterocycles. The number of hydrogen-bond acceptors (Lipinski definition) is 4. The molecule has 7 heteroatoms. The number of nitrogens with zero attached hydrogens (tertiary/aromatic N) is 1. The van der Waals surface area contributed by atoms with E-state index < -0.39 is 10.0 Å². The second-order valence-corrected chi connectivity index (χ2v) is 9.87. The van der Waals surface area contributed by atoms with Gasteiger partial charge in [0, 0.05) is 30.0 Å². The summed E-state index contributed by atoms with van der Waals surface area (Å²) in [5, 5.41) is 6.36. The number of rotatable bonds is 6. The van der Waals surface area contributed by atoms with E-state index in [-0.39, 0.29) is 11.7 Å². The van der Waals surface area contributed by atoms with Crippen LogP contribution < -0.4 is 14.9 Å². The fraction of sp³-hybridized carbons (Fsp3) is 0.409. The molecule has 1 saturated heterocycles. The van der Waals surface area contributed by atoms with E-state index in [4.69, 9.17) is 0 Å². The van der Waals surface area contributed by atoms with Crippen LogP contribution in [0.25, 0.3) is 0 Å². The van der Waals surface area contributed by atoms with E-state index in [9.17, 15) is 13.2 Å². The maximum Gasteiger partial charge on any atom is 0.255 e. The van der Waals surface area contributed by atoms with Gasteiger partial charge in [0.05, 0.1) is 11.4 Å². The van der Waals surface area contributed by atoms with E-state index in [1.807, 2.05) is 24.3 Å². The molecule has 4 rings (SSSR count). The topological polar surface area (TPSA) is 78.5 Å². The average Bonchev–Trinajstić information content (AvgIpc) is 3.36. The number of amides is 1. The minimum atomic E-state index is -3.26. The summed E-state index contributed by atoms with van der Waals surface area (Å²) >= 11 is 0. The fourth-order valence-electron chi connectivity index (χ4n) is 4.08. The van der Waals surface area contributed by atoms with Gasteiger partial charge in [-0.3, -0.25) is 9.10 Å². The number of nitrogens with one attached hydrogen (secondary N) is 2. The third kappa shape index (κ3) is 4.72. The van der Waals surface area contributed by atoms with Crippen molar-refractivity contribution in [2.24, 2.45) is 5.92 Å². The number of hydrogen-bond donors (Lipinski definition) is 2. The number of sulfonamides is 1. The lowest BCUT2D eigenvalue weighted by atomic mass is 10.1. The van der Waals surface area contributed by atoms with Crippen molar-refractivity contribution in [3.8, 4) is 0 Å². The van der Waals surface area contributed by atoms with Crippen LogP contribution in [0.15, 0.2) is 48.5 Å². The van der Waals surface area contributed by atoms with Gasteiger partial charge in [0.2, 0.25) is 10.0 Å². The largest absolute Gasteiger partial charge is 0.385 e. The van der Waals surface area contributed by atoms with E-state index >= 15 is 0 Å². The average molecular weight is 414 g/mol. The summed E-state index contributed by atoms with van der Waals surface area (Å²) in [4.78, 5) is 12.6. The predicted molar refractivity (Wildman–Crippen MR) is 117 cm³/mol. The van der Waals surface area contributed by atoms with E-state index in [0.29, 0.717) is 29.9 Å². The lowest BCUT2D eigenvalue weighted by Crippen LogP contribution is -2.25. The lowest BCUT2D eigenvalue weighted by Gasteiger charge is -2.17. The standard InChI is InChI=1S/C22H27N3O3S/c26-22(18-7-3-8-21(15-18)25-13-4-14-29(25,27)28)24-20-11-9-19(10-12-20)23-16-17-5-1-2-6-17/h3,7-12,15,17,23H,1-2,4-6,13-14,16H2,(H,24,26). The van der Waals surface area contributed by atoms with Crippen molar-refractivity contribution < 1.29 is 13.2 Å².